The number of nitrogens with one attached hydrogen (secondary N) is 1. The van der Waals surface area contributed by atoms with Crippen LogP contribution in [0.25, 0.3) is 16.8 Å². The normalized spacial score (nSPS) is 11.7. The number of anilines is 1. The van der Waals surface area contributed by atoms with Gasteiger partial charge in [0.2, 0.25) is 5.91 Å². The van der Waals surface area contributed by atoms with Crippen molar-refractivity contribution in [2.24, 2.45) is 5.73 Å². The summed E-state index contributed by atoms with van der Waals surface area (Å²) in [5.74, 6) is -2.10. The molecule has 2 heterocycles. The van der Waals surface area contributed by atoms with E-state index in [4.69, 9.17) is 33.7 Å². The van der Waals surface area contributed by atoms with Crippen LogP contribution in [0, 0.1) is 5.82 Å². The summed E-state index contributed by atoms with van der Waals surface area (Å²) in [5, 5.41) is 10.9. The summed E-state index contributed by atoms with van der Waals surface area (Å²) in [5.41, 5.74) is 5.87. The first-order valence-electron chi connectivity index (χ1n) is 11.2. The summed E-state index contributed by atoms with van der Waals surface area (Å²) in [6.07, 6.45) is 3.15. The van der Waals surface area contributed by atoms with Crippen LogP contribution >= 0.6 is 23.2 Å². The van der Waals surface area contributed by atoms with Crippen LogP contribution in [0.1, 0.15) is 29.7 Å². The fraction of sp³-hybridized carbons (Fsp3) is 0.160. The van der Waals surface area contributed by atoms with Crippen LogP contribution in [0.5, 0.6) is 5.75 Å². The number of hydrogen-bond donors (Lipinski definition) is 2. The lowest BCUT2D eigenvalue weighted by atomic mass is 10.0. The van der Waals surface area contributed by atoms with Gasteiger partial charge in [-0.3, -0.25) is 19.0 Å². The number of aromatic nitrogens is 4. The molecule has 38 heavy (non-hydrogen) atoms. The second-order valence-electron chi connectivity index (χ2n) is 8.12. The van der Waals surface area contributed by atoms with Crippen LogP contribution in [-0.2, 0) is 4.79 Å². The van der Waals surface area contributed by atoms with Crippen molar-refractivity contribution < 1.29 is 18.7 Å². The maximum absolute atomic E-state index is 14.2. The first-order valence-corrected chi connectivity index (χ1v) is 12.0. The monoisotopic (exact) mass is 558 g/mol. The Morgan fingerprint density at radius 3 is 2.50 bits per heavy atom. The number of primary amides is 1. The molecule has 1 atom stereocenters. The molecule has 13 heteroatoms. The number of ether oxygens (including phenoxy) is 1. The molecule has 0 saturated carbocycles. The van der Waals surface area contributed by atoms with Gasteiger partial charge in [-0.25, -0.2) is 9.07 Å². The number of pyridine rings is 1. The van der Waals surface area contributed by atoms with Crippen molar-refractivity contribution in [3.63, 3.8) is 0 Å². The third kappa shape index (κ3) is 5.38. The molecule has 0 saturated heterocycles. The quantitative estimate of drug-likeness (QED) is 0.332. The highest BCUT2D eigenvalue weighted by Gasteiger charge is 2.24. The molecule has 10 nitrogen and oxygen atoms in total. The number of methoxy groups -OCH3 is 1. The Labute approximate surface area is 225 Å². The zero-order chi connectivity index (χ0) is 27.6. The first-order chi connectivity index (χ1) is 18.1. The first kappa shape index (κ1) is 26.8. The number of halogens is 3. The van der Waals surface area contributed by atoms with Crippen molar-refractivity contribution in [3.05, 3.63) is 86.8 Å². The van der Waals surface area contributed by atoms with E-state index < -0.39 is 29.2 Å². The van der Waals surface area contributed by atoms with Crippen molar-refractivity contribution >= 4 is 40.7 Å². The van der Waals surface area contributed by atoms with E-state index in [0.717, 1.165) is 6.07 Å². The predicted molar refractivity (Wildman–Crippen MR) is 141 cm³/mol. The van der Waals surface area contributed by atoms with Crippen LogP contribution in [0.3, 0.4) is 0 Å². The standard InChI is InChI=1S/C25H21Cl2FN6O4/c1-3-19(25(37)30-14-5-6-15(24(29)36)18(28)9-14)33-11-21(38-2)17(10-23(33)35)16-8-13(26)4-7-20(16)34-12-22(27)31-32-34/h4-12,19H,3H2,1-2H3,(H2,29,36)(H,30,37). The molecule has 4 aromatic rings. The summed E-state index contributed by atoms with van der Waals surface area (Å²) in [4.78, 5) is 37.6. The minimum atomic E-state index is -0.961. The molecular weight excluding hydrogens is 538 g/mol. The predicted octanol–water partition coefficient (Wildman–Crippen LogP) is 4.24. The van der Waals surface area contributed by atoms with Gasteiger partial charge >= 0.3 is 0 Å². The van der Waals surface area contributed by atoms with Gasteiger partial charge in [0.1, 0.15) is 17.6 Å². The van der Waals surface area contributed by atoms with E-state index >= 15 is 0 Å². The number of carbonyl (C=O) groups excluding carboxylic acids is 2. The lowest BCUT2D eigenvalue weighted by molar-refractivity contribution is -0.119. The van der Waals surface area contributed by atoms with Crippen molar-refractivity contribution in [2.45, 2.75) is 19.4 Å². The Bertz CT molecular complexity index is 1600. The maximum atomic E-state index is 14.2. The van der Waals surface area contributed by atoms with E-state index in [-0.39, 0.29) is 28.6 Å². The fourth-order valence-electron chi connectivity index (χ4n) is 3.96. The summed E-state index contributed by atoms with van der Waals surface area (Å²) in [6.45, 7) is 1.72. The molecule has 0 fully saturated rings. The topological polar surface area (TPSA) is 134 Å². The summed E-state index contributed by atoms with van der Waals surface area (Å²) >= 11 is 12.2. The number of benzene rings is 2. The highest BCUT2D eigenvalue weighted by Crippen LogP contribution is 2.35. The molecule has 2 amide bonds. The van der Waals surface area contributed by atoms with E-state index in [1.165, 1.54) is 47.0 Å². The summed E-state index contributed by atoms with van der Waals surface area (Å²) < 4.78 is 22.4. The highest BCUT2D eigenvalue weighted by atomic mass is 35.5. The maximum Gasteiger partial charge on any atom is 0.252 e. The molecule has 0 bridgehead atoms. The molecule has 2 aromatic carbocycles. The van der Waals surface area contributed by atoms with E-state index in [2.05, 4.69) is 15.6 Å². The minimum absolute atomic E-state index is 0.0997. The van der Waals surface area contributed by atoms with E-state index in [9.17, 15) is 18.8 Å². The smallest absolute Gasteiger partial charge is 0.252 e. The average molecular weight is 559 g/mol. The molecule has 4 rings (SSSR count). The van der Waals surface area contributed by atoms with E-state index in [1.54, 1.807) is 25.1 Å². The van der Waals surface area contributed by atoms with Gasteiger partial charge in [0.15, 0.2) is 5.15 Å². The second-order valence-corrected chi connectivity index (χ2v) is 8.94. The Hall–Kier alpha value is -4.22. The van der Waals surface area contributed by atoms with Crippen molar-refractivity contribution in [3.8, 4) is 22.6 Å². The Morgan fingerprint density at radius 1 is 1.13 bits per heavy atom. The van der Waals surface area contributed by atoms with Crippen molar-refractivity contribution in [1.82, 2.24) is 19.6 Å². The zero-order valence-electron chi connectivity index (χ0n) is 20.1. The van der Waals surface area contributed by atoms with E-state index in [0.29, 0.717) is 21.8 Å². The molecule has 1 unspecified atom stereocenters. The molecule has 0 aliphatic carbocycles. The number of carbonyl (C=O) groups is 2. The number of nitrogens with two attached hydrogens (primary N) is 1. The number of amides is 2. The molecule has 0 aliphatic rings. The summed E-state index contributed by atoms with van der Waals surface area (Å²) in [7, 11) is 1.42. The van der Waals surface area contributed by atoms with Gasteiger partial charge < -0.3 is 15.8 Å². The molecule has 0 spiro atoms. The molecular formula is C25H21Cl2FN6O4. The zero-order valence-corrected chi connectivity index (χ0v) is 21.6. The lowest BCUT2D eigenvalue weighted by Gasteiger charge is -2.21. The molecule has 196 valence electrons. The third-order valence-corrected chi connectivity index (χ3v) is 6.16. The number of hydrogen-bond acceptors (Lipinski definition) is 6. The average Bonchev–Trinajstić information content (AvgIpc) is 3.30. The van der Waals surface area contributed by atoms with Crippen LogP contribution in [-0.4, -0.2) is 38.5 Å². The van der Waals surface area contributed by atoms with Gasteiger partial charge in [0.05, 0.1) is 30.8 Å². The SMILES string of the molecule is CCC(C(=O)Nc1ccc(C(N)=O)c(F)c1)n1cc(OC)c(-c2cc(Cl)ccc2-n2cc(Cl)nn2)cc1=O. The molecule has 0 radical (unpaired) electrons. The van der Waals surface area contributed by atoms with Gasteiger partial charge in [-0.1, -0.05) is 35.3 Å². The molecule has 0 aliphatic heterocycles. The largest absolute Gasteiger partial charge is 0.495 e. The van der Waals surface area contributed by atoms with Crippen molar-refractivity contribution in [2.75, 3.05) is 12.4 Å². The Morgan fingerprint density at radius 2 is 1.89 bits per heavy atom. The highest BCUT2D eigenvalue weighted by molar-refractivity contribution is 6.31. The number of rotatable bonds is 8. The van der Waals surface area contributed by atoms with Crippen LogP contribution in [0.15, 0.2) is 59.7 Å². The Balaban J connectivity index is 1.73. The Kier molecular flexibility index (Phi) is 7.79. The van der Waals surface area contributed by atoms with Gasteiger partial charge in [0, 0.05) is 27.9 Å². The van der Waals surface area contributed by atoms with Gasteiger partial charge in [-0.2, -0.15) is 0 Å². The van der Waals surface area contributed by atoms with E-state index in [1.807, 2.05) is 0 Å². The fourth-order valence-corrected chi connectivity index (χ4v) is 4.26. The van der Waals surface area contributed by atoms with Gasteiger partial charge in [-0.05, 0) is 42.8 Å². The van der Waals surface area contributed by atoms with Gasteiger partial charge in [0.25, 0.3) is 11.5 Å². The van der Waals surface area contributed by atoms with Crippen molar-refractivity contribution in [1.29, 1.82) is 0 Å². The molecule has 3 N–H and O–H groups in total. The summed E-state index contributed by atoms with van der Waals surface area (Å²) in [6, 6.07) is 8.84. The van der Waals surface area contributed by atoms with Gasteiger partial charge in [-0.15, -0.1) is 5.10 Å². The minimum Gasteiger partial charge on any atom is -0.495 e. The molecule has 2 aromatic heterocycles. The van der Waals surface area contributed by atoms with Crippen LogP contribution in [0.4, 0.5) is 10.1 Å². The third-order valence-electron chi connectivity index (χ3n) is 5.75. The lowest BCUT2D eigenvalue weighted by Crippen LogP contribution is -2.32. The van der Waals surface area contributed by atoms with Crippen LogP contribution < -0.4 is 21.3 Å². The van der Waals surface area contributed by atoms with Crippen LogP contribution in [0.2, 0.25) is 10.2 Å². The number of nitrogens with zero attached hydrogens (tertiary/aromatic N) is 4. The second kappa shape index (κ2) is 11.0.